The molecule has 0 aromatic heterocycles. The van der Waals surface area contributed by atoms with Crippen molar-refractivity contribution in [2.45, 2.75) is 13.5 Å². The molecule has 0 saturated carbocycles. The van der Waals surface area contributed by atoms with E-state index in [-0.39, 0.29) is 6.61 Å². The van der Waals surface area contributed by atoms with Crippen molar-refractivity contribution in [2.24, 2.45) is 0 Å². The monoisotopic (exact) mass is 363 g/mol. The highest BCUT2D eigenvalue weighted by molar-refractivity contribution is 9.10. The van der Waals surface area contributed by atoms with Gasteiger partial charge >= 0.3 is 6.09 Å². The van der Waals surface area contributed by atoms with Crippen LogP contribution in [0.3, 0.4) is 0 Å². The third kappa shape index (κ3) is 5.41. The smallest absolute Gasteiger partial charge is 0.407 e. The summed E-state index contributed by atoms with van der Waals surface area (Å²) in [6.45, 7) is 3.01. The minimum absolute atomic E-state index is 0.262. The van der Waals surface area contributed by atoms with Crippen molar-refractivity contribution in [3.8, 4) is 5.75 Å². The Balaban J connectivity index is 1.66. The van der Waals surface area contributed by atoms with E-state index in [1.165, 1.54) is 0 Å². The predicted octanol–water partition coefficient (Wildman–Crippen LogP) is 4.06. The second-order valence-corrected chi connectivity index (χ2v) is 5.66. The molecule has 0 bridgehead atoms. The van der Waals surface area contributed by atoms with Gasteiger partial charge in [-0.1, -0.05) is 52.3 Å². The Morgan fingerprint density at radius 1 is 1.18 bits per heavy atom. The maximum atomic E-state index is 11.6. The number of carbonyl (C=O) groups excluding carboxylic acids is 1. The van der Waals surface area contributed by atoms with Crippen LogP contribution in [0.4, 0.5) is 4.79 Å². The Kier molecular flexibility index (Phi) is 6.27. The van der Waals surface area contributed by atoms with Crippen LogP contribution in [0.25, 0.3) is 0 Å². The van der Waals surface area contributed by atoms with Crippen LogP contribution < -0.4 is 10.1 Å². The number of rotatable bonds is 6. The molecule has 4 nitrogen and oxygen atoms in total. The van der Waals surface area contributed by atoms with Crippen LogP contribution in [0.1, 0.15) is 11.1 Å². The van der Waals surface area contributed by atoms with Crippen molar-refractivity contribution in [1.29, 1.82) is 0 Å². The largest absolute Gasteiger partial charge is 0.491 e. The maximum Gasteiger partial charge on any atom is 0.407 e. The molecule has 116 valence electrons. The van der Waals surface area contributed by atoms with Crippen molar-refractivity contribution in [2.75, 3.05) is 13.2 Å². The molecular weight excluding hydrogens is 346 g/mol. The highest BCUT2D eigenvalue weighted by Gasteiger charge is 2.03. The summed E-state index contributed by atoms with van der Waals surface area (Å²) in [5.41, 5.74) is 2.01. The van der Waals surface area contributed by atoms with Crippen molar-refractivity contribution in [3.63, 3.8) is 0 Å². The third-order valence-corrected chi connectivity index (χ3v) is 3.49. The second kappa shape index (κ2) is 8.44. The number of alkyl carbamates (subject to hydrolysis) is 1. The molecule has 0 atom stereocenters. The first-order chi connectivity index (χ1) is 10.6. The van der Waals surface area contributed by atoms with Crippen molar-refractivity contribution >= 4 is 22.0 Å². The number of halogens is 1. The van der Waals surface area contributed by atoms with Gasteiger partial charge in [-0.3, -0.25) is 0 Å². The molecule has 0 spiro atoms. The number of benzene rings is 2. The number of aryl methyl sites for hydroxylation is 1. The molecule has 0 heterocycles. The molecule has 2 rings (SSSR count). The summed E-state index contributed by atoms with van der Waals surface area (Å²) in [5, 5.41) is 2.66. The highest BCUT2D eigenvalue weighted by atomic mass is 79.9. The summed E-state index contributed by atoms with van der Waals surface area (Å²) in [6, 6.07) is 15.4. The van der Waals surface area contributed by atoms with Gasteiger partial charge in [-0.25, -0.2) is 4.79 Å². The van der Waals surface area contributed by atoms with Crippen LogP contribution in [0.5, 0.6) is 5.75 Å². The number of hydrogen-bond donors (Lipinski definition) is 1. The first-order valence-electron chi connectivity index (χ1n) is 6.98. The van der Waals surface area contributed by atoms with E-state index in [0.29, 0.717) is 13.2 Å². The minimum Gasteiger partial charge on any atom is -0.491 e. The lowest BCUT2D eigenvalue weighted by Gasteiger charge is -2.10. The minimum atomic E-state index is -0.446. The Hall–Kier alpha value is -2.01. The fourth-order valence-electron chi connectivity index (χ4n) is 1.82. The standard InChI is InChI=1S/C17H18BrNO3/c1-13-7-8-15(18)11-16(13)21-10-9-19-17(20)22-12-14-5-3-2-4-6-14/h2-8,11H,9-10,12H2,1H3,(H,19,20). The second-order valence-electron chi connectivity index (χ2n) is 4.75. The third-order valence-electron chi connectivity index (χ3n) is 2.99. The zero-order chi connectivity index (χ0) is 15.8. The van der Waals surface area contributed by atoms with Gasteiger partial charge in [0.2, 0.25) is 0 Å². The van der Waals surface area contributed by atoms with Gasteiger partial charge in [0, 0.05) is 4.47 Å². The Morgan fingerprint density at radius 3 is 2.73 bits per heavy atom. The normalized spacial score (nSPS) is 10.1. The van der Waals surface area contributed by atoms with Gasteiger partial charge in [-0.15, -0.1) is 0 Å². The molecule has 0 aliphatic rings. The van der Waals surface area contributed by atoms with Crippen LogP contribution in [0, 0.1) is 6.92 Å². The molecule has 0 unspecified atom stereocenters. The Morgan fingerprint density at radius 2 is 1.95 bits per heavy atom. The first-order valence-corrected chi connectivity index (χ1v) is 7.78. The van der Waals surface area contributed by atoms with Gasteiger partial charge in [0.1, 0.15) is 19.0 Å². The summed E-state index contributed by atoms with van der Waals surface area (Å²) in [5.74, 6) is 0.800. The van der Waals surface area contributed by atoms with E-state index in [1.54, 1.807) is 0 Å². The molecule has 2 aromatic carbocycles. The van der Waals surface area contributed by atoms with Gasteiger partial charge in [-0.05, 0) is 30.2 Å². The van der Waals surface area contributed by atoms with Crippen LogP contribution >= 0.6 is 15.9 Å². The predicted molar refractivity (Wildman–Crippen MR) is 89.0 cm³/mol. The molecule has 0 fully saturated rings. The molecular formula is C17H18BrNO3. The maximum absolute atomic E-state index is 11.6. The molecule has 0 saturated heterocycles. The number of ether oxygens (including phenoxy) is 2. The quantitative estimate of drug-likeness (QED) is 0.787. The van der Waals surface area contributed by atoms with E-state index >= 15 is 0 Å². The lowest BCUT2D eigenvalue weighted by Crippen LogP contribution is -2.28. The van der Waals surface area contributed by atoms with Crippen LogP contribution in [-0.4, -0.2) is 19.2 Å². The van der Waals surface area contributed by atoms with Crippen molar-refractivity contribution < 1.29 is 14.3 Å². The van der Waals surface area contributed by atoms with E-state index in [0.717, 1.165) is 21.3 Å². The molecule has 22 heavy (non-hydrogen) atoms. The Labute approximate surface area is 138 Å². The summed E-state index contributed by atoms with van der Waals surface area (Å²) in [6.07, 6.45) is -0.446. The molecule has 0 aliphatic carbocycles. The number of hydrogen-bond acceptors (Lipinski definition) is 3. The van der Waals surface area contributed by atoms with E-state index in [2.05, 4.69) is 21.2 Å². The topological polar surface area (TPSA) is 47.6 Å². The van der Waals surface area contributed by atoms with Gasteiger partial charge in [-0.2, -0.15) is 0 Å². The summed E-state index contributed by atoms with van der Waals surface area (Å²) in [4.78, 5) is 11.6. The van der Waals surface area contributed by atoms with Crippen molar-refractivity contribution in [1.82, 2.24) is 5.32 Å². The van der Waals surface area contributed by atoms with Crippen LogP contribution in [0.15, 0.2) is 53.0 Å². The van der Waals surface area contributed by atoms with Gasteiger partial charge in [0.05, 0.1) is 6.54 Å². The zero-order valence-corrected chi connectivity index (χ0v) is 13.9. The SMILES string of the molecule is Cc1ccc(Br)cc1OCCNC(=O)OCc1ccccc1. The number of nitrogens with one attached hydrogen (secondary N) is 1. The first kappa shape index (κ1) is 16.4. The highest BCUT2D eigenvalue weighted by Crippen LogP contribution is 2.22. The molecule has 0 radical (unpaired) electrons. The molecule has 1 amide bonds. The molecule has 1 N–H and O–H groups in total. The molecule has 5 heteroatoms. The summed E-state index contributed by atoms with van der Waals surface area (Å²) < 4.78 is 11.7. The average molecular weight is 364 g/mol. The molecule has 0 aliphatic heterocycles. The average Bonchev–Trinajstić information content (AvgIpc) is 2.53. The lowest BCUT2D eigenvalue weighted by atomic mass is 10.2. The lowest BCUT2D eigenvalue weighted by molar-refractivity contribution is 0.137. The summed E-state index contributed by atoms with van der Waals surface area (Å²) >= 11 is 3.40. The van der Waals surface area contributed by atoms with Gasteiger partial charge in [0.15, 0.2) is 0 Å². The number of amides is 1. The fraction of sp³-hybridized carbons (Fsp3) is 0.235. The zero-order valence-electron chi connectivity index (χ0n) is 12.3. The van der Waals surface area contributed by atoms with Gasteiger partial charge in [0.25, 0.3) is 0 Å². The van der Waals surface area contributed by atoms with E-state index in [1.807, 2.05) is 55.5 Å². The van der Waals surface area contributed by atoms with E-state index in [9.17, 15) is 4.79 Å². The van der Waals surface area contributed by atoms with E-state index in [4.69, 9.17) is 9.47 Å². The van der Waals surface area contributed by atoms with Crippen LogP contribution in [0.2, 0.25) is 0 Å². The Bertz CT molecular complexity index is 617. The number of carbonyl (C=O) groups is 1. The van der Waals surface area contributed by atoms with Crippen LogP contribution in [-0.2, 0) is 11.3 Å². The van der Waals surface area contributed by atoms with Gasteiger partial charge < -0.3 is 14.8 Å². The fourth-order valence-corrected chi connectivity index (χ4v) is 2.16. The van der Waals surface area contributed by atoms with E-state index < -0.39 is 6.09 Å². The summed E-state index contributed by atoms with van der Waals surface area (Å²) in [7, 11) is 0. The van der Waals surface area contributed by atoms with Crippen molar-refractivity contribution in [3.05, 3.63) is 64.1 Å². The molecule has 2 aromatic rings.